The van der Waals surface area contributed by atoms with Gasteiger partial charge in [0.1, 0.15) is 0 Å². The van der Waals surface area contributed by atoms with Gasteiger partial charge in [0.25, 0.3) is 0 Å². The molecule has 2 rings (SSSR count). The van der Waals surface area contributed by atoms with E-state index >= 15 is 0 Å². The van der Waals surface area contributed by atoms with E-state index in [1.807, 2.05) is 6.92 Å². The topological polar surface area (TPSA) is 58.1 Å². The van der Waals surface area contributed by atoms with Gasteiger partial charge in [-0.25, -0.2) is 4.99 Å². The monoisotopic (exact) mass is 362 g/mol. The smallest absolute Gasteiger partial charge is 0.191 e. The first-order valence-corrected chi connectivity index (χ1v) is 9.72. The van der Waals surface area contributed by atoms with Crippen molar-refractivity contribution in [2.75, 3.05) is 46.0 Å². The Labute approximate surface area is 158 Å². The van der Waals surface area contributed by atoms with Crippen molar-refractivity contribution < 1.29 is 9.47 Å². The molecule has 0 saturated carbocycles. The number of ether oxygens (including phenoxy) is 2. The van der Waals surface area contributed by atoms with Crippen LogP contribution in [0.25, 0.3) is 0 Å². The van der Waals surface area contributed by atoms with Crippen molar-refractivity contribution in [3.05, 3.63) is 35.4 Å². The molecule has 6 heteroatoms. The highest BCUT2D eigenvalue weighted by molar-refractivity contribution is 5.79. The first kappa shape index (κ1) is 20.7. The van der Waals surface area contributed by atoms with E-state index in [1.165, 1.54) is 11.1 Å². The number of hydrogen-bond acceptors (Lipinski definition) is 4. The molecule has 0 amide bonds. The molecular formula is C20H34N4O2. The van der Waals surface area contributed by atoms with E-state index in [2.05, 4.69) is 53.6 Å². The Morgan fingerprint density at radius 3 is 2.50 bits per heavy atom. The largest absolute Gasteiger partial charge is 0.379 e. The molecule has 1 aromatic rings. The molecular weight excluding hydrogens is 328 g/mol. The van der Waals surface area contributed by atoms with Crippen molar-refractivity contribution in [3.8, 4) is 0 Å². The Balaban J connectivity index is 1.83. The summed E-state index contributed by atoms with van der Waals surface area (Å²) in [7, 11) is 0. The summed E-state index contributed by atoms with van der Waals surface area (Å²) < 4.78 is 10.9. The zero-order chi connectivity index (χ0) is 18.6. The predicted molar refractivity (Wildman–Crippen MR) is 106 cm³/mol. The number of hydrogen-bond donors (Lipinski definition) is 2. The van der Waals surface area contributed by atoms with Crippen molar-refractivity contribution in [3.63, 3.8) is 0 Å². The molecule has 0 bridgehead atoms. The fourth-order valence-electron chi connectivity index (χ4n) is 2.86. The fraction of sp³-hybridized carbons (Fsp3) is 0.650. The standard InChI is InChI=1S/C20H34N4O2/c1-4-21-20(22-14-17(3)24-10-12-26-13-11-24)23-15-18-6-8-19(9-7-18)16-25-5-2/h6-9,17H,4-5,10-16H2,1-3H3,(H2,21,22,23). The lowest BCUT2D eigenvalue weighted by Crippen LogP contribution is -2.49. The summed E-state index contributed by atoms with van der Waals surface area (Å²) in [6.07, 6.45) is 0. The molecule has 1 aromatic carbocycles. The van der Waals surface area contributed by atoms with Gasteiger partial charge in [0, 0.05) is 38.8 Å². The SMILES string of the molecule is CCNC(=NCc1ccc(COCC)cc1)NCC(C)N1CCOCC1. The average Bonchev–Trinajstić information content (AvgIpc) is 2.69. The van der Waals surface area contributed by atoms with Crippen LogP contribution in [-0.2, 0) is 22.6 Å². The molecule has 1 aliphatic heterocycles. The van der Waals surface area contributed by atoms with Crippen LogP contribution < -0.4 is 10.6 Å². The Bertz CT molecular complexity index is 527. The minimum absolute atomic E-state index is 0.459. The number of benzene rings is 1. The van der Waals surface area contributed by atoms with Gasteiger partial charge >= 0.3 is 0 Å². The van der Waals surface area contributed by atoms with E-state index in [0.717, 1.165) is 52.0 Å². The molecule has 6 nitrogen and oxygen atoms in total. The van der Waals surface area contributed by atoms with Crippen molar-refractivity contribution in [2.24, 2.45) is 4.99 Å². The maximum atomic E-state index is 5.43. The fourth-order valence-corrected chi connectivity index (χ4v) is 2.86. The molecule has 0 spiro atoms. The summed E-state index contributed by atoms with van der Waals surface area (Å²) in [5.41, 5.74) is 2.40. The minimum atomic E-state index is 0.459. The first-order valence-electron chi connectivity index (χ1n) is 9.72. The highest BCUT2D eigenvalue weighted by atomic mass is 16.5. The van der Waals surface area contributed by atoms with Crippen LogP contribution in [0.1, 0.15) is 31.9 Å². The molecule has 0 aromatic heterocycles. The van der Waals surface area contributed by atoms with E-state index < -0.39 is 0 Å². The highest BCUT2D eigenvalue weighted by Crippen LogP contribution is 2.07. The van der Waals surface area contributed by atoms with Crippen LogP contribution in [0.15, 0.2) is 29.3 Å². The van der Waals surface area contributed by atoms with Gasteiger partial charge in [-0.2, -0.15) is 0 Å². The zero-order valence-corrected chi connectivity index (χ0v) is 16.5. The lowest BCUT2D eigenvalue weighted by atomic mass is 10.1. The Morgan fingerprint density at radius 2 is 1.85 bits per heavy atom. The lowest BCUT2D eigenvalue weighted by Gasteiger charge is -2.32. The molecule has 1 aliphatic rings. The van der Waals surface area contributed by atoms with Gasteiger partial charge in [0.15, 0.2) is 5.96 Å². The maximum Gasteiger partial charge on any atom is 0.191 e. The zero-order valence-electron chi connectivity index (χ0n) is 16.5. The molecule has 1 saturated heterocycles. The van der Waals surface area contributed by atoms with E-state index in [1.54, 1.807) is 0 Å². The molecule has 1 unspecified atom stereocenters. The molecule has 146 valence electrons. The molecule has 0 radical (unpaired) electrons. The van der Waals surface area contributed by atoms with Crippen LogP contribution in [0.3, 0.4) is 0 Å². The number of guanidine groups is 1. The van der Waals surface area contributed by atoms with E-state index in [4.69, 9.17) is 14.5 Å². The predicted octanol–water partition coefficient (Wildman–Crippen LogP) is 2.00. The Hall–Kier alpha value is -1.63. The Morgan fingerprint density at radius 1 is 1.15 bits per heavy atom. The van der Waals surface area contributed by atoms with Crippen LogP contribution >= 0.6 is 0 Å². The number of aliphatic imine (C=N–C) groups is 1. The second-order valence-electron chi connectivity index (χ2n) is 6.53. The van der Waals surface area contributed by atoms with Crippen LogP contribution in [0.5, 0.6) is 0 Å². The van der Waals surface area contributed by atoms with Crippen LogP contribution in [0.2, 0.25) is 0 Å². The molecule has 2 N–H and O–H groups in total. The Kier molecular flexibility index (Phi) is 9.45. The van der Waals surface area contributed by atoms with Crippen molar-refractivity contribution >= 4 is 5.96 Å². The number of morpholine rings is 1. The van der Waals surface area contributed by atoms with Gasteiger partial charge in [0.2, 0.25) is 0 Å². The van der Waals surface area contributed by atoms with Crippen LogP contribution in [-0.4, -0.2) is 62.9 Å². The quantitative estimate of drug-likeness (QED) is 0.520. The normalized spacial score (nSPS) is 17.1. The van der Waals surface area contributed by atoms with Gasteiger partial charge < -0.3 is 20.1 Å². The van der Waals surface area contributed by atoms with Crippen LogP contribution in [0.4, 0.5) is 0 Å². The highest BCUT2D eigenvalue weighted by Gasteiger charge is 2.16. The molecule has 1 heterocycles. The summed E-state index contributed by atoms with van der Waals surface area (Å²) in [4.78, 5) is 7.17. The molecule has 1 fully saturated rings. The van der Waals surface area contributed by atoms with Gasteiger partial charge in [-0.15, -0.1) is 0 Å². The number of nitrogens with one attached hydrogen (secondary N) is 2. The number of rotatable bonds is 9. The summed E-state index contributed by atoms with van der Waals surface area (Å²) in [6.45, 7) is 13.8. The van der Waals surface area contributed by atoms with Crippen molar-refractivity contribution in [1.82, 2.24) is 15.5 Å². The summed E-state index contributed by atoms with van der Waals surface area (Å²) in [5, 5.41) is 6.79. The summed E-state index contributed by atoms with van der Waals surface area (Å²) >= 11 is 0. The second-order valence-corrected chi connectivity index (χ2v) is 6.53. The third-order valence-corrected chi connectivity index (χ3v) is 4.49. The molecule has 26 heavy (non-hydrogen) atoms. The molecule has 1 atom stereocenters. The van der Waals surface area contributed by atoms with Gasteiger partial charge in [-0.3, -0.25) is 4.90 Å². The lowest BCUT2D eigenvalue weighted by molar-refractivity contribution is 0.0211. The van der Waals surface area contributed by atoms with E-state index in [0.29, 0.717) is 19.2 Å². The van der Waals surface area contributed by atoms with Crippen molar-refractivity contribution in [2.45, 2.75) is 40.0 Å². The minimum Gasteiger partial charge on any atom is -0.379 e. The van der Waals surface area contributed by atoms with Crippen LogP contribution in [0, 0.1) is 0 Å². The maximum absolute atomic E-state index is 5.43. The second kappa shape index (κ2) is 11.9. The third-order valence-electron chi connectivity index (χ3n) is 4.49. The third kappa shape index (κ3) is 7.32. The molecule has 0 aliphatic carbocycles. The average molecular weight is 363 g/mol. The van der Waals surface area contributed by atoms with Crippen molar-refractivity contribution in [1.29, 1.82) is 0 Å². The first-order chi connectivity index (χ1) is 12.7. The van der Waals surface area contributed by atoms with Gasteiger partial charge in [-0.1, -0.05) is 24.3 Å². The van der Waals surface area contributed by atoms with E-state index in [-0.39, 0.29) is 0 Å². The summed E-state index contributed by atoms with van der Waals surface area (Å²) in [5.74, 6) is 0.867. The van der Waals surface area contributed by atoms with Gasteiger partial charge in [0.05, 0.1) is 26.4 Å². The van der Waals surface area contributed by atoms with E-state index in [9.17, 15) is 0 Å². The summed E-state index contributed by atoms with van der Waals surface area (Å²) in [6, 6.07) is 8.93. The van der Waals surface area contributed by atoms with Gasteiger partial charge in [-0.05, 0) is 31.9 Å². The number of nitrogens with zero attached hydrogens (tertiary/aromatic N) is 2.